The number of rotatable bonds is 8. The summed E-state index contributed by atoms with van der Waals surface area (Å²) in [5.74, 6) is -1.10. The molecule has 0 radical (unpaired) electrons. The SMILES string of the molecule is CCOC(=O)/C=C(/C)NC(C(=O)O)c1ccc(O)c(CSC2=NCCN2)c1. The first-order valence-corrected chi connectivity index (χ1v) is 9.46. The molecule has 0 spiro atoms. The van der Waals surface area contributed by atoms with Crippen molar-refractivity contribution in [2.45, 2.75) is 25.6 Å². The Kier molecular flexibility index (Phi) is 7.54. The van der Waals surface area contributed by atoms with Gasteiger partial charge in [-0.05, 0) is 31.5 Å². The van der Waals surface area contributed by atoms with Gasteiger partial charge in [-0.3, -0.25) is 4.99 Å². The Bertz CT molecular complexity index is 763. The van der Waals surface area contributed by atoms with Crippen LogP contribution in [0.3, 0.4) is 0 Å². The lowest BCUT2D eigenvalue weighted by Gasteiger charge is -2.18. The van der Waals surface area contributed by atoms with E-state index < -0.39 is 18.0 Å². The van der Waals surface area contributed by atoms with Crippen LogP contribution in [0, 0.1) is 0 Å². The molecule has 146 valence electrons. The maximum absolute atomic E-state index is 11.7. The Hall–Kier alpha value is -2.68. The second kappa shape index (κ2) is 9.86. The number of thioether (sulfide) groups is 1. The number of aromatic hydroxyl groups is 1. The number of phenols is 1. The van der Waals surface area contributed by atoms with Crippen molar-refractivity contribution in [3.05, 3.63) is 41.1 Å². The molecule has 1 atom stereocenters. The van der Waals surface area contributed by atoms with Crippen molar-refractivity contribution in [2.75, 3.05) is 19.7 Å². The van der Waals surface area contributed by atoms with Crippen LogP contribution in [-0.2, 0) is 20.1 Å². The van der Waals surface area contributed by atoms with Crippen LogP contribution < -0.4 is 10.6 Å². The number of carboxylic acid groups (broad SMARTS) is 1. The Morgan fingerprint density at radius 2 is 2.26 bits per heavy atom. The number of carbonyl (C=O) groups excluding carboxylic acids is 1. The Labute approximate surface area is 161 Å². The summed E-state index contributed by atoms with van der Waals surface area (Å²) in [4.78, 5) is 27.5. The fraction of sp³-hybridized carbons (Fsp3) is 0.389. The molecule has 1 aromatic rings. The zero-order valence-electron chi connectivity index (χ0n) is 15.2. The number of nitrogens with one attached hydrogen (secondary N) is 2. The topological polar surface area (TPSA) is 120 Å². The zero-order valence-corrected chi connectivity index (χ0v) is 16.0. The zero-order chi connectivity index (χ0) is 19.8. The number of aliphatic imine (C=N–C) groups is 1. The number of esters is 1. The lowest BCUT2D eigenvalue weighted by molar-refractivity contribution is -0.140. The molecule has 1 aromatic carbocycles. The molecule has 27 heavy (non-hydrogen) atoms. The van der Waals surface area contributed by atoms with E-state index in [2.05, 4.69) is 15.6 Å². The van der Waals surface area contributed by atoms with Gasteiger partial charge in [0.15, 0.2) is 5.17 Å². The normalized spacial score (nSPS) is 14.9. The second-order valence-corrected chi connectivity index (χ2v) is 6.75. The number of allylic oxidation sites excluding steroid dienone is 1. The van der Waals surface area contributed by atoms with Crippen molar-refractivity contribution < 1.29 is 24.5 Å². The van der Waals surface area contributed by atoms with E-state index in [1.807, 2.05) is 0 Å². The molecule has 1 heterocycles. The molecule has 1 unspecified atom stereocenters. The van der Waals surface area contributed by atoms with Crippen LogP contribution in [0.4, 0.5) is 0 Å². The van der Waals surface area contributed by atoms with E-state index in [1.165, 1.54) is 30.0 Å². The number of amidine groups is 1. The van der Waals surface area contributed by atoms with Crippen LogP contribution in [0.15, 0.2) is 35.0 Å². The lowest BCUT2D eigenvalue weighted by atomic mass is 10.0. The van der Waals surface area contributed by atoms with E-state index in [0.717, 1.165) is 18.3 Å². The quantitative estimate of drug-likeness (QED) is 0.390. The van der Waals surface area contributed by atoms with Crippen LogP contribution in [0.2, 0.25) is 0 Å². The molecule has 0 fully saturated rings. The third-order valence-electron chi connectivity index (χ3n) is 3.68. The third-order valence-corrected chi connectivity index (χ3v) is 4.69. The minimum absolute atomic E-state index is 0.0905. The van der Waals surface area contributed by atoms with Crippen LogP contribution in [-0.4, -0.2) is 47.0 Å². The second-order valence-electron chi connectivity index (χ2n) is 5.79. The summed E-state index contributed by atoms with van der Waals surface area (Å²) >= 11 is 1.45. The number of carboxylic acids is 1. The predicted octanol–water partition coefficient (Wildman–Crippen LogP) is 1.77. The molecule has 0 aliphatic carbocycles. The number of hydrogen-bond acceptors (Lipinski definition) is 8. The van der Waals surface area contributed by atoms with Gasteiger partial charge < -0.3 is 25.6 Å². The fourth-order valence-corrected chi connectivity index (χ4v) is 3.35. The van der Waals surface area contributed by atoms with Crippen molar-refractivity contribution in [2.24, 2.45) is 4.99 Å². The first kappa shape index (κ1) is 20.6. The summed E-state index contributed by atoms with van der Waals surface area (Å²) in [6.07, 6.45) is 1.21. The van der Waals surface area contributed by atoms with Crippen LogP contribution in [0.5, 0.6) is 5.75 Å². The third kappa shape index (κ3) is 6.21. The summed E-state index contributed by atoms with van der Waals surface area (Å²) in [6, 6.07) is 3.58. The Balaban J connectivity index is 2.15. The van der Waals surface area contributed by atoms with Crippen molar-refractivity contribution in [1.29, 1.82) is 0 Å². The molecule has 9 heteroatoms. The molecular formula is C18H23N3O5S. The van der Waals surface area contributed by atoms with E-state index in [9.17, 15) is 19.8 Å². The highest BCUT2D eigenvalue weighted by Crippen LogP contribution is 2.27. The highest BCUT2D eigenvalue weighted by molar-refractivity contribution is 8.13. The monoisotopic (exact) mass is 393 g/mol. The molecule has 0 aromatic heterocycles. The molecule has 1 aliphatic heterocycles. The van der Waals surface area contributed by atoms with Gasteiger partial charge >= 0.3 is 11.9 Å². The smallest absolute Gasteiger partial charge is 0.332 e. The van der Waals surface area contributed by atoms with Crippen LogP contribution >= 0.6 is 11.8 Å². The Morgan fingerprint density at radius 3 is 2.89 bits per heavy atom. The number of aliphatic carboxylic acids is 1. The van der Waals surface area contributed by atoms with Gasteiger partial charge in [0.2, 0.25) is 0 Å². The standard InChI is InChI=1S/C18H23N3O5S/c1-3-26-15(23)8-11(2)21-16(17(24)25)12-4-5-14(22)13(9-12)10-27-18-19-6-7-20-18/h4-5,8-9,16,21-22H,3,6-7,10H2,1-2H3,(H,19,20)(H,24,25)/b11-8-. The highest BCUT2D eigenvalue weighted by Gasteiger charge is 2.21. The van der Waals surface area contributed by atoms with E-state index in [4.69, 9.17) is 4.74 Å². The maximum atomic E-state index is 11.7. The van der Waals surface area contributed by atoms with Crippen molar-refractivity contribution in [1.82, 2.24) is 10.6 Å². The summed E-state index contributed by atoms with van der Waals surface area (Å²) in [5.41, 5.74) is 1.44. The number of carbonyl (C=O) groups is 2. The highest BCUT2D eigenvalue weighted by atomic mass is 32.2. The molecule has 8 nitrogen and oxygen atoms in total. The molecular weight excluding hydrogens is 370 g/mol. The van der Waals surface area contributed by atoms with Gasteiger partial charge in [0.25, 0.3) is 0 Å². The molecule has 0 saturated heterocycles. The summed E-state index contributed by atoms with van der Waals surface area (Å²) < 4.78 is 4.82. The first-order valence-electron chi connectivity index (χ1n) is 8.48. The average molecular weight is 393 g/mol. The molecule has 0 bridgehead atoms. The largest absolute Gasteiger partial charge is 0.508 e. The van der Waals surface area contributed by atoms with E-state index >= 15 is 0 Å². The van der Waals surface area contributed by atoms with Crippen molar-refractivity contribution in [3.8, 4) is 5.75 Å². The Morgan fingerprint density at radius 1 is 1.48 bits per heavy atom. The predicted molar refractivity (Wildman–Crippen MR) is 104 cm³/mol. The number of nitrogens with zero attached hydrogens (tertiary/aromatic N) is 1. The molecule has 4 N–H and O–H groups in total. The molecule has 0 saturated carbocycles. The van der Waals surface area contributed by atoms with E-state index in [-0.39, 0.29) is 12.4 Å². The van der Waals surface area contributed by atoms with Gasteiger partial charge in [-0.15, -0.1) is 0 Å². The van der Waals surface area contributed by atoms with Gasteiger partial charge in [-0.25, -0.2) is 9.59 Å². The first-order chi connectivity index (χ1) is 12.9. The summed E-state index contributed by atoms with van der Waals surface area (Å²) in [6.45, 7) is 5.05. The number of hydrogen-bond donors (Lipinski definition) is 4. The molecule has 1 aliphatic rings. The van der Waals surface area contributed by atoms with Crippen LogP contribution in [0.1, 0.15) is 31.0 Å². The van der Waals surface area contributed by atoms with E-state index in [1.54, 1.807) is 19.9 Å². The molecule has 0 amide bonds. The fourth-order valence-electron chi connectivity index (χ4n) is 2.44. The van der Waals surface area contributed by atoms with Crippen LogP contribution in [0.25, 0.3) is 0 Å². The summed E-state index contributed by atoms with van der Waals surface area (Å²) in [5, 5.41) is 26.4. The van der Waals surface area contributed by atoms with Gasteiger partial charge in [-0.2, -0.15) is 0 Å². The van der Waals surface area contributed by atoms with E-state index in [0.29, 0.717) is 22.6 Å². The maximum Gasteiger partial charge on any atom is 0.332 e. The van der Waals surface area contributed by atoms with Crippen molar-refractivity contribution >= 4 is 28.9 Å². The number of ether oxygens (including phenoxy) is 1. The molecule has 2 rings (SSSR count). The minimum atomic E-state index is -1.10. The van der Waals surface area contributed by atoms with Gasteiger partial charge in [0, 0.05) is 29.6 Å². The van der Waals surface area contributed by atoms with Gasteiger partial charge in [0.1, 0.15) is 11.8 Å². The average Bonchev–Trinajstić information content (AvgIpc) is 3.12. The number of benzene rings is 1. The lowest BCUT2D eigenvalue weighted by Crippen LogP contribution is -2.27. The minimum Gasteiger partial charge on any atom is -0.508 e. The van der Waals surface area contributed by atoms with Gasteiger partial charge in [0.05, 0.1) is 13.2 Å². The number of phenolic OH excluding ortho intramolecular Hbond substituents is 1. The van der Waals surface area contributed by atoms with Gasteiger partial charge in [-0.1, -0.05) is 17.8 Å². The van der Waals surface area contributed by atoms with Crippen molar-refractivity contribution in [3.63, 3.8) is 0 Å². The summed E-state index contributed by atoms with van der Waals surface area (Å²) in [7, 11) is 0.